The minimum atomic E-state index is 0.626. The third-order valence-corrected chi connectivity index (χ3v) is 5.35. The lowest BCUT2D eigenvalue weighted by atomic mass is 9.97. The summed E-state index contributed by atoms with van der Waals surface area (Å²) in [5.74, 6) is 1.73. The van der Waals surface area contributed by atoms with Crippen molar-refractivity contribution in [3.63, 3.8) is 0 Å². The molecule has 3 aromatic rings. The molecule has 0 spiro atoms. The monoisotopic (exact) mass is 353 g/mol. The molecule has 2 aromatic heterocycles. The third kappa shape index (κ3) is 3.60. The zero-order valence-electron chi connectivity index (χ0n) is 15.5. The van der Waals surface area contributed by atoms with Crippen molar-refractivity contribution in [3.8, 4) is 0 Å². The Morgan fingerprint density at radius 2 is 2.08 bits per heavy atom. The van der Waals surface area contributed by atoms with Crippen LogP contribution in [0.1, 0.15) is 31.5 Å². The Morgan fingerprint density at radius 3 is 3.00 bits per heavy atom. The maximum absolute atomic E-state index is 5.72. The van der Waals surface area contributed by atoms with Gasteiger partial charge < -0.3 is 14.0 Å². The van der Waals surface area contributed by atoms with Crippen LogP contribution in [0.5, 0.6) is 0 Å². The summed E-state index contributed by atoms with van der Waals surface area (Å²) in [7, 11) is 1.75. The summed E-state index contributed by atoms with van der Waals surface area (Å²) in [6.07, 6.45) is 7.52. The molecular formula is C21H27N3O2. The van der Waals surface area contributed by atoms with E-state index in [0.717, 1.165) is 49.5 Å². The van der Waals surface area contributed by atoms with Gasteiger partial charge in [0.1, 0.15) is 11.3 Å². The van der Waals surface area contributed by atoms with Crippen molar-refractivity contribution in [2.75, 3.05) is 26.9 Å². The van der Waals surface area contributed by atoms with Crippen molar-refractivity contribution >= 4 is 21.9 Å². The van der Waals surface area contributed by atoms with Gasteiger partial charge in [-0.25, -0.2) is 4.98 Å². The van der Waals surface area contributed by atoms with Gasteiger partial charge in [-0.15, -0.1) is 0 Å². The topological polar surface area (TPSA) is 49.2 Å². The molecule has 3 heterocycles. The van der Waals surface area contributed by atoms with Gasteiger partial charge >= 0.3 is 0 Å². The number of para-hydroxylation sites is 1. The summed E-state index contributed by atoms with van der Waals surface area (Å²) in [6.45, 7) is 3.46. The summed E-state index contributed by atoms with van der Waals surface area (Å²) < 4.78 is 13.5. The predicted molar refractivity (Wildman–Crippen MR) is 103 cm³/mol. The first-order valence-corrected chi connectivity index (χ1v) is 9.66. The molecular weight excluding hydrogens is 326 g/mol. The number of pyridine rings is 1. The van der Waals surface area contributed by atoms with Crippen LogP contribution in [-0.2, 0) is 22.4 Å². The largest absolute Gasteiger partial charge is 0.384 e. The number of benzene rings is 1. The molecule has 1 unspecified atom stereocenters. The van der Waals surface area contributed by atoms with Gasteiger partial charge in [0.05, 0.1) is 23.8 Å². The average Bonchev–Trinajstić information content (AvgIpc) is 3.00. The van der Waals surface area contributed by atoms with Crippen molar-refractivity contribution in [2.24, 2.45) is 5.92 Å². The molecule has 138 valence electrons. The number of hydrogen-bond acceptors (Lipinski definition) is 4. The molecule has 1 aliphatic heterocycles. The van der Waals surface area contributed by atoms with Crippen LogP contribution in [-0.4, -0.2) is 41.5 Å². The SMILES string of the molecule is COCCc1nc2cnc3ccccc3c2n1CC1CCCCOCC1. The van der Waals surface area contributed by atoms with E-state index in [0.29, 0.717) is 12.5 Å². The Bertz CT molecular complexity index is 866. The molecule has 1 aliphatic rings. The number of nitrogens with zero attached hydrogens (tertiary/aromatic N) is 3. The van der Waals surface area contributed by atoms with Gasteiger partial charge in [0.2, 0.25) is 0 Å². The number of imidazole rings is 1. The third-order valence-electron chi connectivity index (χ3n) is 5.35. The molecule has 1 saturated heterocycles. The maximum atomic E-state index is 5.72. The van der Waals surface area contributed by atoms with E-state index in [4.69, 9.17) is 14.5 Å². The standard InChI is InChI=1S/C21H27N3O2/c1-25-12-10-20-23-19-14-22-18-8-3-2-7-17(18)21(19)24(20)15-16-6-4-5-11-26-13-9-16/h2-3,7-8,14,16H,4-6,9-13,15H2,1H3. The van der Waals surface area contributed by atoms with E-state index in [1.165, 1.54) is 30.2 Å². The first-order valence-electron chi connectivity index (χ1n) is 9.66. The number of hydrogen-bond donors (Lipinski definition) is 0. The second-order valence-corrected chi connectivity index (χ2v) is 7.15. The summed E-state index contributed by atoms with van der Waals surface area (Å²) in [5.41, 5.74) is 3.22. The molecule has 26 heavy (non-hydrogen) atoms. The second-order valence-electron chi connectivity index (χ2n) is 7.15. The molecule has 0 N–H and O–H groups in total. The van der Waals surface area contributed by atoms with E-state index in [9.17, 15) is 0 Å². The van der Waals surface area contributed by atoms with Crippen LogP contribution in [0.15, 0.2) is 30.5 Å². The minimum absolute atomic E-state index is 0.626. The zero-order valence-corrected chi connectivity index (χ0v) is 15.5. The van der Waals surface area contributed by atoms with Crippen LogP contribution in [0.25, 0.3) is 21.9 Å². The van der Waals surface area contributed by atoms with Crippen molar-refractivity contribution in [2.45, 2.75) is 38.6 Å². The number of ether oxygens (including phenoxy) is 2. The molecule has 1 fully saturated rings. The fraction of sp³-hybridized carbons (Fsp3) is 0.524. The molecule has 1 atom stereocenters. The summed E-state index contributed by atoms with van der Waals surface area (Å²) >= 11 is 0. The number of methoxy groups -OCH3 is 1. The molecule has 0 bridgehead atoms. The van der Waals surface area contributed by atoms with Crippen LogP contribution < -0.4 is 0 Å². The Labute approximate surface area is 154 Å². The van der Waals surface area contributed by atoms with Gasteiger partial charge in [-0.3, -0.25) is 4.98 Å². The fourth-order valence-corrected chi connectivity index (χ4v) is 3.97. The lowest BCUT2D eigenvalue weighted by Crippen LogP contribution is -2.18. The molecule has 5 heteroatoms. The molecule has 4 rings (SSSR count). The number of fused-ring (bicyclic) bond motifs is 3. The number of aromatic nitrogens is 3. The minimum Gasteiger partial charge on any atom is -0.384 e. The van der Waals surface area contributed by atoms with E-state index in [2.05, 4.69) is 27.8 Å². The van der Waals surface area contributed by atoms with Crippen molar-refractivity contribution in [3.05, 3.63) is 36.3 Å². The maximum Gasteiger partial charge on any atom is 0.112 e. The first kappa shape index (κ1) is 17.4. The zero-order chi connectivity index (χ0) is 17.8. The lowest BCUT2D eigenvalue weighted by Gasteiger charge is -2.22. The van der Waals surface area contributed by atoms with Crippen molar-refractivity contribution < 1.29 is 9.47 Å². The van der Waals surface area contributed by atoms with Gasteiger partial charge in [0, 0.05) is 38.7 Å². The van der Waals surface area contributed by atoms with Crippen LogP contribution in [0.2, 0.25) is 0 Å². The van der Waals surface area contributed by atoms with Crippen LogP contribution in [0.4, 0.5) is 0 Å². The summed E-state index contributed by atoms with van der Waals surface area (Å²) in [6, 6.07) is 8.36. The highest BCUT2D eigenvalue weighted by Crippen LogP contribution is 2.28. The Kier molecular flexibility index (Phi) is 5.46. The molecule has 0 amide bonds. The first-order chi connectivity index (χ1) is 12.9. The highest BCUT2D eigenvalue weighted by Gasteiger charge is 2.19. The van der Waals surface area contributed by atoms with Crippen molar-refractivity contribution in [1.82, 2.24) is 14.5 Å². The van der Waals surface area contributed by atoms with Crippen LogP contribution >= 0.6 is 0 Å². The van der Waals surface area contributed by atoms with E-state index >= 15 is 0 Å². The van der Waals surface area contributed by atoms with Crippen molar-refractivity contribution in [1.29, 1.82) is 0 Å². The lowest BCUT2D eigenvalue weighted by molar-refractivity contribution is 0.0967. The number of rotatable bonds is 5. The Morgan fingerprint density at radius 1 is 1.15 bits per heavy atom. The quantitative estimate of drug-likeness (QED) is 0.696. The summed E-state index contributed by atoms with van der Waals surface area (Å²) in [5, 5.41) is 1.18. The van der Waals surface area contributed by atoms with Gasteiger partial charge in [0.15, 0.2) is 0 Å². The van der Waals surface area contributed by atoms with E-state index in [-0.39, 0.29) is 0 Å². The smallest absolute Gasteiger partial charge is 0.112 e. The molecule has 0 radical (unpaired) electrons. The van der Waals surface area contributed by atoms with Gasteiger partial charge in [-0.1, -0.05) is 24.6 Å². The van der Waals surface area contributed by atoms with Gasteiger partial charge in [-0.05, 0) is 31.2 Å². The second kappa shape index (κ2) is 8.14. The summed E-state index contributed by atoms with van der Waals surface area (Å²) in [4.78, 5) is 9.49. The Hall–Kier alpha value is -1.98. The molecule has 5 nitrogen and oxygen atoms in total. The van der Waals surface area contributed by atoms with Gasteiger partial charge in [0.25, 0.3) is 0 Å². The average molecular weight is 353 g/mol. The molecule has 0 aliphatic carbocycles. The van der Waals surface area contributed by atoms with Gasteiger partial charge in [-0.2, -0.15) is 0 Å². The highest BCUT2D eigenvalue weighted by atomic mass is 16.5. The molecule has 0 saturated carbocycles. The van der Waals surface area contributed by atoms with Crippen LogP contribution in [0.3, 0.4) is 0 Å². The van der Waals surface area contributed by atoms with E-state index in [1.54, 1.807) is 7.11 Å². The van der Waals surface area contributed by atoms with E-state index in [1.807, 2.05) is 12.3 Å². The normalized spacial score (nSPS) is 18.9. The highest BCUT2D eigenvalue weighted by molar-refractivity contribution is 6.02. The van der Waals surface area contributed by atoms with E-state index < -0.39 is 0 Å². The Balaban J connectivity index is 1.76. The molecule has 1 aromatic carbocycles. The van der Waals surface area contributed by atoms with Crippen LogP contribution in [0, 0.1) is 5.92 Å². The predicted octanol–water partition coefficient (Wildman–Crippen LogP) is 3.98. The fourth-order valence-electron chi connectivity index (χ4n) is 3.97.